The highest BCUT2D eigenvalue weighted by atomic mass is 16.3. The normalized spacial score (nSPS) is 26.8. The van der Waals surface area contributed by atoms with Crippen molar-refractivity contribution in [2.24, 2.45) is 11.8 Å². The van der Waals surface area contributed by atoms with Crippen LogP contribution < -0.4 is 0 Å². The Morgan fingerprint density at radius 3 is 2.29 bits per heavy atom. The van der Waals surface area contributed by atoms with Gasteiger partial charge in [-0.05, 0) is 117 Å². The SMILES string of the molecule is C[C@H]1C=C[C@H](/C(CCCO)=C(/C2=CC=C(O)CC2)c2ccc(C3CCN(C4CC4)CC3)cc2)CC1. The first-order chi connectivity index (χ1) is 17.1. The summed E-state index contributed by atoms with van der Waals surface area (Å²) in [5.74, 6) is 2.23. The summed E-state index contributed by atoms with van der Waals surface area (Å²) in [7, 11) is 0. The van der Waals surface area contributed by atoms with Gasteiger partial charge in [0.25, 0.3) is 0 Å². The summed E-state index contributed by atoms with van der Waals surface area (Å²) in [6, 6.07) is 10.4. The van der Waals surface area contributed by atoms with E-state index in [2.05, 4.69) is 54.3 Å². The molecule has 1 aliphatic heterocycles. The second-order valence-corrected chi connectivity index (χ2v) is 11.3. The number of piperidine rings is 1. The average molecular weight is 474 g/mol. The van der Waals surface area contributed by atoms with Crippen LogP contribution in [0.4, 0.5) is 0 Å². The minimum absolute atomic E-state index is 0.224. The van der Waals surface area contributed by atoms with E-state index >= 15 is 0 Å². The molecule has 0 radical (unpaired) electrons. The van der Waals surface area contributed by atoms with Crippen LogP contribution in [0, 0.1) is 11.8 Å². The van der Waals surface area contributed by atoms with Gasteiger partial charge >= 0.3 is 0 Å². The smallest absolute Gasteiger partial charge is 0.0926 e. The fraction of sp³-hybridized carbons (Fsp3) is 0.562. The van der Waals surface area contributed by atoms with E-state index in [-0.39, 0.29) is 6.61 Å². The number of nitrogens with zero attached hydrogens (tertiary/aromatic N) is 1. The van der Waals surface area contributed by atoms with Gasteiger partial charge in [0.1, 0.15) is 0 Å². The van der Waals surface area contributed by atoms with E-state index in [0.29, 0.717) is 29.9 Å². The molecule has 0 amide bonds. The lowest BCUT2D eigenvalue weighted by molar-refractivity contribution is 0.203. The van der Waals surface area contributed by atoms with Gasteiger partial charge in [0, 0.05) is 19.1 Å². The molecule has 0 bridgehead atoms. The molecule has 0 unspecified atom stereocenters. The van der Waals surface area contributed by atoms with Crippen LogP contribution in [-0.2, 0) is 0 Å². The quantitative estimate of drug-likeness (QED) is 0.389. The van der Waals surface area contributed by atoms with Crippen molar-refractivity contribution in [1.82, 2.24) is 4.90 Å². The third kappa shape index (κ3) is 6.01. The van der Waals surface area contributed by atoms with Crippen LogP contribution in [0.1, 0.15) is 88.2 Å². The van der Waals surface area contributed by atoms with E-state index in [4.69, 9.17) is 0 Å². The van der Waals surface area contributed by atoms with Crippen molar-refractivity contribution in [3.05, 3.63) is 76.6 Å². The number of aliphatic hydroxyl groups is 2. The summed E-state index contributed by atoms with van der Waals surface area (Å²) in [6.07, 6.45) is 19.9. The Balaban J connectivity index is 1.46. The molecule has 2 fully saturated rings. The van der Waals surface area contributed by atoms with Gasteiger partial charge in [-0.3, -0.25) is 0 Å². The standard InChI is InChI=1S/C32H43NO2/c1-23-4-6-26(7-5-23)31(3-2-22-34)32(28-12-16-30(35)17-13-28)27-10-8-24(9-11-27)25-18-20-33(21-19-25)29-14-15-29/h4,6,8-12,16,23,25-26,29,34-35H,2-3,5,7,13-15,17-22H2,1H3/b32-31+/t23-,26-/m0/s1. The van der Waals surface area contributed by atoms with Crippen LogP contribution in [0.2, 0.25) is 0 Å². The Morgan fingerprint density at radius 1 is 0.914 bits per heavy atom. The predicted octanol–water partition coefficient (Wildman–Crippen LogP) is 7.32. The zero-order valence-corrected chi connectivity index (χ0v) is 21.5. The van der Waals surface area contributed by atoms with Crippen molar-refractivity contribution in [3.63, 3.8) is 0 Å². The molecule has 1 heterocycles. The molecule has 2 atom stereocenters. The Kier molecular flexibility index (Phi) is 7.94. The van der Waals surface area contributed by atoms with Crippen molar-refractivity contribution in [2.75, 3.05) is 19.7 Å². The number of hydrogen-bond donors (Lipinski definition) is 2. The minimum atomic E-state index is 0.224. The molecule has 1 saturated heterocycles. The summed E-state index contributed by atoms with van der Waals surface area (Å²) >= 11 is 0. The number of likely N-dealkylation sites (tertiary alicyclic amines) is 1. The van der Waals surface area contributed by atoms with Gasteiger partial charge < -0.3 is 15.1 Å². The lowest BCUT2D eigenvalue weighted by Crippen LogP contribution is -2.34. The Labute approximate surface area is 211 Å². The minimum Gasteiger partial charge on any atom is -0.512 e. The van der Waals surface area contributed by atoms with Gasteiger partial charge in [0.2, 0.25) is 0 Å². The summed E-state index contributed by atoms with van der Waals surface area (Å²) in [5.41, 5.74) is 6.94. The van der Waals surface area contributed by atoms with Crippen LogP contribution in [0.5, 0.6) is 0 Å². The summed E-state index contributed by atoms with van der Waals surface area (Å²) < 4.78 is 0. The van der Waals surface area contributed by atoms with E-state index in [1.165, 1.54) is 79.5 Å². The van der Waals surface area contributed by atoms with E-state index in [9.17, 15) is 10.2 Å². The molecule has 35 heavy (non-hydrogen) atoms. The summed E-state index contributed by atoms with van der Waals surface area (Å²) in [5, 5.41) is 19.7. The molecule has 1 aromatic rings. The maximum absolute atomic E-state index is 10.0. The maximum atomic E-state index is 10.0. The highest BCUT2D eigenvalue weighted by molar-refractivity contribution is 5.83. The van der Waals surface area contributed by atoms with Crippen molar-refractivity contribution in [2.45, 2.75) is 83.1 Å². The van der Waals surface area contributed by atoms with Gasteiger partial charge in [-0.15, -0.1) is 0 Å². The topological polar surface area (TPSA) is 43.7 Å². The summed E-state index contributed by atoms with van der Waals surface area (Å²) in [6.45, 7) is 5.03. The highest BCUT2D eigenvalue weighted by Crippen LogP contribution is 2.41. The van der Waals surface area contributed by atoms with Crippen LogP contribution in [0.25, 0.3) is 5.57 Å². The second-order valence-electron chi connectivity index (χ2n) is 11.3. The number of hydrogen-bond acceptors (Lipinski definition) is 3. The first kappa shape index (κ1) is 24.6. The van der Waals surface area contributed by atoms with Crippen LogP contribution in [-0.4, -0.2) is 40.9 Å². The van der Waals surface area contributed by atoms with E-state index in [1.54, 1.807) is 0 Å². The fourth-order valence-electron chi connectivity index (χ4n) is 6.39. The van der Waals surface area contributed by atoms with Crippen molar-refractivity contribution in [3.8, 4) is 0 Å². The zero-order chi connectivity index (χ0) is 24.2. The molecule has 0 aromatic heterocycles. The third-order valence-electron chi connectivity index (χ3n) is 8.69. The molecule has 4 aliphatic rings. The zero-order valence-electron chi connectivity index (χ0n) is 21.5. The summed E-state index contributed by atoms with van der Waals surface area (Å²) in [4.78, 5) is 2.70. The molecule has 1 saturated carbocycles. The molecule has 3 nitrogen and oxygen atoms in total. The number of rotatable bonds is 8. The Bertz CT molecular complexity index is 987. The maximum Gasteiger partial charge on any atom is 0.0926 e. The fourth-order valence-corrected chi connectivity index (χ4v) is 6.39. The number of allylic oxidation sites excluding steroid dienone is 8. The third-order valence-corrected chi connectivity index (χ3v) is 8.69. The molecule has 3 heteroatoms. The van der Waals surface area contributed by atoms with Crippen molar-refractivity contribution >= 4 is 5.57 Å². The Hall–Kier alpha value is -2.10. The molecular formula is C32H43NO2. The largest absolute Gasteiger partial charge is 0.512 e. The van der Waals surface area contributed by atoms with Gasteiger partial charge in [0.05, 0.1) is 5.76 Å². The number of aliphatic hydroxyl groups excluding tert-OH is 2. The molecule has 1 aromatic carbocycles. The average Bonchev–Trinajstić information content (AvgIpc) is 3.74. The van der Waals surface area contributed by atoms with E-state index in [1.807, 2.05) is 6.08 Å². The van der Waals surface area contributed by atoms with E-state index in [0.717, 1.165) is 25.3 Å². The first-order valence-electron chi connectivity index (χ1n) is 14.1. The lowest BCUT2D eigenvalue weighted by Gasteiger charge is -2.32. The van der Waals surface area contributed by atoms with Crippen LogP contribution in [0.3, 0.4) is 0 Å². The molecular weight excluding hydrogens is 430 g/mol. The predicted molar refractivity (Wildman–Crippen MR) is 145 cm³/mol. The van der Waals surface area contributed by atoms with Gasteiger partial charge in [-0.1, -0.05) is 55.0 Å². The van der Waals surface area contributed by atoms with Crippen molar-refractivity contribution < 1.29 is 10.2 Å². The molecule has 2 N–H and O–H groups in total. The van der Waals surface area contributed by atoms with Gasteiger partial charge in [-0.2, -0.15) is 0 Å². The van der Waals surface area contributed by atoms with Crippen molar-refractivity contribution in [1.29, 1.82) is 0 Å². The van der Waals surface area contributed by atoms with E-state index < -0.39 is 0 Å². The molecule has 5 rings (SSSR count). The van der Waals surface area contributed by atoms with Crippen LogP contribution >= 0.6 is 0 Å². The lowest BCUT2D eigenvalue weighted by atomic mass is 9.77. The number of benzene rings is 1. The Morgan fingerprint density at radius 2 is 1.69 bits per heavy atom. The molecule has 188 valence electrons. The molecule has 3 aliphatic carbocycles. The molecule has 0 spiro atoms. The monoisotopic (exact) mass is 473 g/mol. The van der Waals surface area contributed by atoms with Gasteiger partial charge in [-0.25, -0.2) is 0 Å². The highest BCUT2D eigenvalue weighted by Gasteiger charge is 2.32. The second kappa shape index (κ2) is 11.3. The first-order valence-corrected chi connectivity index (χ1v) is 14.1. The van der Waals surface area contributed by atoms with Crippen LogP contribution in [0.15, 0.2) is 65.5 Å². The van der Waals surface area contributed by atoms with Gasteiger partial charge in [0.15, 0.2) is 0 Å².